The standard InChI is InChI=1S/C8H16N2O/c1-11-8-4-7-10-6-3-2-5-9/h10H,2-4,6-8H2,1H3. The van der Waals surface area contributed by atoms with Gasteiger partial charge in [-0.15, -0.1) is 0 Å². The Labute approximate surface area is 68.3 Å². The van der Waals surface area contributed by atoms with E-state index in [-0.39, 0.29) is 0 Å². The van der Waals surface area contributed by atoms with Crippen LogP contribution in [0.25, 0.3) is 0 Å². The van der Waals surface area contributed by atoms with Crippen LogP contribution in [0, 0.1) is 11.3 Å². The molecule has 0 heterocycles. The zero-order valence-corrected chi connectivity index (χ0v) is 7.10. The largest absolute Gasteiger partial charge is 0.385 e. The number of hydrogen-bond acceptors (Lipinski definition) is 3. The molecule has 0 spiro atoms. The van der Waals surface area contributed by atoms with Gasteiger partial charge >= 0.3 is 0 Å². The third-order valence-electron chi connectivity index (χ3n) is 1.34. The number of rotatable bonds is 7. The fourth-order valence-electron chi connectivity index (χ4n) is 0.759. The van der Waals surface area contributed by atoms with Gasteiger partial charge in [0.15, 0.2) is 0 Å². The van der Waals surface area contributed by atoms with E-state index in [0.29, 0.717) is 6.42 Å². The monoisotopic (exact) mass is 156 g/mol. The Balaban J connectivity index is 2.75. The van der Waals surface area contributed by atoms with Crippen molar-refractivity contribution in [3.63, 3.8) is 0 Å². The van der Waals surface area contributed by atoms with Crippen molar-refractivity contribution in [1.29, 1.82) is 5.26 Å². The Bertz CT molecular complexity index is 109. The predicted octanol–water partition coefficient (Wildman–Crippen LogP) is 0.916. The molecule has 11 heavy (non-hydrogen) atoms. The van der Waals surface area contributed by atoms with E-state index >= 15 is 0 Å². The van der Waals surface area contributed by atoms with Gasteiger partial charge in [0.2, 0.25) is 0 Å². The molecule has 0 amide bonds. The fraction of sp³-hybridized carbons (Fsp3) is 0.875. The van der Waals surface area contributed by atoms with E-state index in [1.165, 1.54) is 0 Å². The molecule has 0 saturated carbocycles. The lowest BCUT2D eigenvalue weighted by Gasteiger charge is -2.01. The molecule has 64 valence electrons. The average Bonchev–Trinajstić information content (AvgIpc) is 2.03. The second-order valence-electron chi connectivity index (χ2n) is 2.36. The van der Waals surface area contributed by atoms with Gasteiger partial charge in [0.05, 0.1) is 6.07 Å². The molecule has 0 saturated heterocycles. The van der Waals surface area contributed by atoms with E-state index < -0.39 is 0 Å². The highest BCUT2D eigenvalue weighted by Gasteiger charge is 1.87. The zero-order valence-electron chi connectivity index (χ0n) is 7.10. The first-order chi connectivity index (χ1) is 5.41. The summed E-state index contributed by atoms with van der Waals surface area (Å²) in [5.41, 5.74) is 0. The van der Waals surface area contributed by atoms with Crippen molar-refractivity contribution in [3.8, 4) is 6.07 Å². The highest BCUT2D eigenvalue weighted by Crippen LogP contribution is 1.83. The zero-order chi connectivity index (χ0) is 8.36. The van der Waals surface area contributed by atoms with E-state index in [2.05, 4.69) is 11.4 Å². The molecule has 0 aliphatic carbocycles. The molecule has 0 fully saturated rings. The molecule has 0 aliphatic heterocycles. The molecule has 0 bridgehead atoms. The third-order valence-corrected chi connectivity index (χ3v) is 1.34. The van der Waals surface area contributed by atoms with Crippen LogP contribution in [0.15, 0.2) is 0 Å². The van der Waals surface area contributed by atoms with Crippen LogP contribution in [0.3, 0.4) is 0 Å². The van der Waals surface area contributed by atoms with Crippen molar-refractivity contribution in [3.05, 3.63) is 0 Å². The lowest BCUT2D eigenvalue weighted by atomic mass is 10.3. The van der Waals surface area contributed by atoms with E-state index in [4.69, 9.17) is 10.00 Å². The van der Waals surface area contributed by atoms with Crippen LogP contribution >= 0.6 is 0 Å². The lowest BCUT2D eigenvalue weighted by Crippen LogP contribution is -2.17. The minimum absolute atomic E-state index is 0.650. The topological polar surface area (TPSA) is 45.0 Å². The van der Waals surface area contributed by atoms with Crippen molar-refractivity contribution in [2.24, 2.45) is 0 Å². The van der Waals surface area contributed by atoms with Crippen LogP contribution in [-0.2, 0) is 4.74 Å². The Hall–Kier alpha value is -0.590. The van der Waals surface area contributed by atoms with Gasteiger partial charge in [-0.25, -0.2) is 0 Å². The van der Waals surface area contributed by atoms with E-state index in [1.807, 2.05) is 0 Å². The molecule has 0 atom stereocenters. The predicted molar refractivity (Wildman–Crippen MR) is 44.2 cm³/mol. The number of nitriles is 1. The second-order valence-corrected chi connectivity index (χ2v) is 2.36. The number of nitrogens with zero attached hydrogens (tertiary/aromatic N) is 1. The third kappa shape index (κ3) is 9.41. The summed E-state index contributed by atoms with van der Waals surface area (Å²) in [4.78, 5) is 0. The molecule has 3 nitrogen and oxygen atoms in total. The number of hydrogen-bond donors (Lipinski definition) is 1. The summed E-state index contributed by atoms with van der Waals surface area (Å²) >= 11 is 0. The van der Waals surface area contributed by atoms with Gasteiger partial charge in [-0.2, -0.15) is 5.26 Å². The van der Waals surface area contributed by atoms with Crippen molar-refractivity contribution in [1.82, 2.24) is 5.32 Å². The van der Waals surface area contributed by atoms with Gasteiger partial charge in [-0.1, -0.05) is 0 Å². The van der Waals surface area contributed by atoms with E-state index in [1.54, 1.807) is 7.11 Å². The first kappa shape index (κ1) is 10.4. The summed E-state index contributed by atoms with van der Waals surface area (Å²) in [6, 6.07) is 2.11. The summed E-state index contributed by atoms with van der Waals surface area (Å²) in [7, 11) is 1.70. The Morgan fingerprint density at radius 1 is 1.36 bits per heavy atom. The number of methoxy groups -OCH3 is 1. The molecule has 3 heteroatoms. The van der Waals surface area contributed by atoms with Crippen molar-refractivity contribution >= 4 is 0 Å². The molecule has 0 rings (SSSR count). The maximum absolute atomic E-state index is 8.21. The first-order valence-corrected chi connectivity index (χ1v) is 3.98. The number of nitrogens with one attached hydrogen (secondary N) is 1. The quantitative estimate of drug-likeness (QED) is 0.557. The molecular formula is C8H16N2O. The van der Waals surface area contributed by atoms with Gasteiger partial charge in [0.1, 0.15) is 0 Å². The number of unbranched alkanes of at least 4 members (excludes halogenated alkanes) is 1. The lowest BCUT2D eigenvalue weighted by molar-refractivity contribution is 0.194. The summed E-state index contributed by atoms with van der Waals surface area (Å²) in [5, 5.41) is 11.4. The van der Waals surface area contributed by atoms with Crippen LogP contribution in [0.4, 0.5) is 0 Å². The number of ether oxygens (including phenoxy) is 1. The summed E-state index contributed by atoms with van der Waals surface area (Å²) in [6.07, 6.45) is 2.64. The minimum Gasteiger partial charge on any atom is -0.385 e. The fourth-order valence-corrected chi connectivity index (χ4v) is 0.759. The molecule has 1 N–H and O–H groups in total. The second kappa shape index (κ2) is 9.41. The van der Waals surface area contributed by atoms with Gasteiger partial charge < -0.3 is 10.1 Å². The normalized spacial score (nSPS) is 9.45. The molecule has 0 radical (unpaired) electrons. The van der Waals surface area contributed by atoms with Crippen LogP contribution in [0.2, 0.25) is 0 Å². The molecular weight excluding hydrogens is 140 g/mol. The van der Waals surface area contributed by atoms with Crippen molar-refractivity contribution < 1.29 is 4.74 Å². The summed E-state index contributed by atoms with van der Waals surface area (Å²) in [6.45, 7) is 2.74. The van der Waals surface area contributed by atoms with E-state index in [0.717, 1.165) is 32.5 Å². The highest BCUT2D eigenvalue weighted by molar-refractivity contribution is 4.68. The van der Waals surface area contributed by atoms with Gasteiger partial charge in [0, 0.05) is 20.1 Å². The summed E-state index contributed by atoms with van der Waals surface area (Å²) in [5.74, 6) is 0. The minimum atomic E-state index is 0.650. The molecule has 0 aliphatic rings. The maximum Gasteiger partial charge on any atom is 0.0622 e. The van der Waals surface area contributed by atoms with Crippen LogP contribution in [-0.4, -0.2) is 26.8 Å². The Morgan fingerprint density at radius 2 is 2.09 bits per heavy atom. The Morgan fingerprint density at radius 3 is 2.73 bits per heavy atom. The maximum atomic E-state index is 8.21. The smallest absolute Gasteiger partial charge is 0.0622 e. The highest BCUT2D eigenvalue weighted by atomic mass is 16.5. The van der Waals surface area contributed by atoms with Crippen molar-refractivity contribution in [2.75, 3.05) is 26.8 Å². The molecule has 0 aromatic rings. The Kier molecular flexibility index (Phi) is 8.91. The summed E-state index contributed by atoms with van der Waals surface area (Å²) < 4.78 is 4.88. The average molecular weight is 156 g/mol. The first-order valence-electron chi connectivity index (χ1n) is 3.98. The van der Waals surface area contributed by atoms with Crippen LogP contribution < -0.4 is 5.32 Å². The molecule has 0 aromatic carbocycles. The van der Waals surface area contributed by atoms with Gasteiger partial charge in [-0.05, 0) is 25.9 Å². The van der Waals surface area contributed by atoms with Crippen LogP contribution in [0.1, 0.15) is 19.3 Å². The van der Waals surface area contributed by atoms with Gasteiger partial charge in [0.25, 0.3) is 0 Å². The SMILES string of the molecule is COCCCNCCCC#N. The molecule has 0 unspecified atom stereocenters. The van der Waals surface area contributed by atoms with Crippen LogP contribution in [0.5, 0.6) is 0 Å². The molecule has 0 aromatic heterocycles. The van der Waals surface area contributed by atoms with E-state index in [9.17, 15) is 0 Å². The van der Waals surface area contributed by atoms with Gasteiger partial charge in [-0.3, -0.25) is 0 Å². The van der Waals surface area contributed by atoms with Crippen molar-refractivity contribution in [2.45, 2.75) is 19.3 Å².